The predicted octanol–water partition coefficient (Wildman–Crippen LogP) is -1.63. The molecule has 33 heavy (non-hydrogen) atoms. The number of carbonyl (C=O) groups excluding carboxylic acids is 3. The van der Waals surface area contributed by atoms with E-state index in [-0.39, 0.29) is 12.3 Å². The largest absolute Gasteiger partial charge is 0.481 e. The number of carboxylic acids is 3. The van der Waals surface area contributed by atoms with E-state index in [1.807, 2.05) is 0 Å². The second-order valence-corrected chi connectivity index (χ2v) is 8.47. The van der Waals surface area contributed by atoms with Gasteiger partial charge in [0.25, 0.3) is 0 Å². The monoisotopic (exact) mass is 490 g/mol. The van der Waals surface area contributed by atoms with Crippen LogP contribution in [0.15, 0.2) is 0 Å². The maximum atomic E-state index is 12.8. The van der Waals surface area contributed by atoms with Crippen LogP contribution in [0.2, 0.25) is 0 Å². The van der Waals surface area contributed by atoms with Gasteiger partial charge in [-0.1, -0.05) is 0 Å². The van der Waals surface area contributed by atoms with Gasteiger partial charge >= 0.3 is 17.9 Å². The maximum Gasteiger partial charge on any atom is 0.326 e. The first-order valence-electron chi connectivity index (χ1n) is 10.3. The summed E-state index contributed by atoms with van der Waals surface area (Å²) in [5.41, 5.74) is 0. The summed E-state index contributed by atoms with van der Waals surface area (Å²) in [5.74, 6) is -5.94. The molecule has 1 aliphatic heterocycles. The van der Waals surface area contributed by atoms with Crippen molar-refractivity contribution in [2.45, 2.75) is 62.7 Å². The molecule has 4 atom stereocenters. The van der Waals surface area contributed by atoms with E-state index in [1.165, 1.54) is 11.8 Å². The minimum absolute atomic E-state index is 0.225. The zero-order valence-corrected chi connectivity index (χ0v) is 19.0. The van der Waals surface area contributed by atoms with Crippen molar-refractivity contribution in [3.63, 3.8) is 0 Å². The van der Waals surface area contributed by atoms with Crippen LogP contribution in [0, 0.1) is 0 Å². The van der Waals surface area contributed by atoms with Crippen LogP contribution < -0.4 is 21.3 Å². The average Bonchev–Trinajstić information content (AvgIpc) is 3.27. The van der Waals surface area contributed by atoms with Crippen molar-refractivity contribution >= 4 is 47.4 Å². The van der Waals surface area contributed by atoms with Crippen LogP contribution >= 0.6 is 11.8 Å². The molecular formula is C19H30N4O9S. The lowest BCUT2D eigenvalue weighted by atomic mass is 10.1. The van der Waals surface area contributed by atoms with E-state index in [2.05, 4.69) is 21.3 Å². The van der Waals surface area contributed by atoms with Crippen molar-refractivity contribution in [1.82, 2.24) is 21.3 Å². The molecule has 186 valence electrons. The van der Waals surface area contributed by atoms with Gasteiger partial charge in [-0.3, -0.25) is 24.0 Å². The van der Waals surface area contributed by atoms with Crippen molar-refractivity contribution < 1.29 is 44.1 Å². The SMILES string of the molecule is CSCCC(NC(=O)C1CCCN1)C(=O)NC(CC(=O)O)C(=O)NC(CCC(=O)O)C(=O)O. The molecule has 0 saturated carbocycles. The predicted molar refractivity (Wildman–Crippen MR) is 117 cm³/mol. The van der Waals surface area contributed by atoms with Crippen LogP contribution in [0.25, 0.3) is 0 Å². The second-order valence-electron chi connectivity index (χ2n) is 7.48. The molecule has 1 aliphatic rings. The first kappa shape index (κ1) is 28.2. The van der Waals surface area contributed by atoms with Crippen molar-refractivity contribution in [3.05, 3.63) is 0 Å². The maximum absolute atomic E-state index is 12.8. The molecule has 1 rings (SSSR count). The summed E-state index contributed by atoms with van der Waals surface area (Å²) in [4.78, 5) is 71.0. The minimum Gasteiger partial charge on any atom is -0.481 e. The first-order valence-corrected chi connectivity index (χ1v) is 11.7. The lowest BCUT2D eigenvalue weighted by Gasteiger charge is -2.24. The fourth-order valence-corrected chi connectivity index (χ4v) is 3.61. The van der Waals surface area contributed by atoms with Gasteiger partial charge in [-0.2, -0.15) is 11.8 Å². The highest BCUT2D eigenvalue weighted by molar-refractivity contribution is 7.98. The fourth-order valence-electron chi connectivity index (χ4n) is 3.14. The van der Waals surface area contributed by atoms with Gasteiger partial charge in [-0.15, -0.1) is 0 Å². The molecule has 13 nitrogen and oxygen atoms in total. The van der Waals surface area contributed by atoms with E-state index in [0.717, 1.165) is 6.42 Å². The Hall–Kier alpha value is -2.87. The highest BCUT2D eigenvalue weighted by atomic mass is 32.2. The van der Waals surface area contributed by atoms with Gasteiger partial charge in [0.15, 0.2) is 0 Å². The van der Waals surface area contributed by atoms with Crippen LogP contribution in [-0.2, 0) is 28.8 Å². The molecule has 0 aromatic heterocycles. The number of aliphatic carboxylic acids is 3. The summed E-state index contributed by atoms with van der Waals surface area (Å²) in [6, 6.07) is -4.68. The van der Waals surface area contributed by atoms with E-state index in [0.29, 0.717) is 18.7 Å². The zero-order valence-electron chi connectivity index (χ0n) is 18.2. The Morgan fingerprint density at radius 1 is 0.909 bits per heavy atom. The van der Waals surface area contributed by atoms with E-state index in [9.17, 15) is 33.9 Å². The Morgan fingerprint density at radius 3 is 2.06 bits per heavy atom. The van der Waals surface area contributed by atoms with Gasteiger partial charge in [0.05, 0.1) is 12.5 Å². The molecule has 1 fully saturated rings. The van der Waals surface area contributed by atoms with E-state index in [4.69, 9.17) is 10.2 Å². The van der Waals surface area contributed by atoms with Crippen LogP contribution in [0.5, 0.6) is 0 Å². The third-order valence-corrected chi connectivity index (χ3v) is 5.54. The molecule has 0 spiro atoms. The Balaban J connectivity index is 2.89. The lowest BCUT2D eigenvalue weighted by molar-refractivity contribution is -0.144. The molecule has 1 heterocycles. The molecule has 0 aromatic rings. The third kappa shape index (κ3) is 10.5. The van der Waals surface area contributed by atoms with Crippen LogP contribution in [0.4, 0.5) is 0 Å². The minimum atomic E-state index is -1.63. The summed E-state index contributed by atoms with van der Waals surface area (Å²) in [7, 11) is 0. The van der Waals surface area contributed by atoms with Gasteiger partial charge in [-0.05, 0) is 44.2 Å². The van der Waals surface area contributed by atoms with Crippen molar-refractivity contribution in [2.24, 2.45) is 0 Å². The van der Waals surface area contributed by atoms with Crippen molar-refractivity contribution in [2.75, 3.05) is 18.6 Å². The van der Waals surface area contributed by atoms with E-state index >= 15 is 0 Å². The highest BCUT2D eigenvalue weighted by Crippen LogP contribution is 2.08. The van der Waals surface area contributed by atoms with E-state index < -0.39 is 73.2 Å². The molecule has 0 radical (unpaired) electrons. The van der Waals surface area contributed by atoms with Gasteiger partial charge in [-0.25, -0.2) is 4.79 Å². The summed E-state index contributed by atoms with van der Waals surface area (Å²) in [6.07, 6.45) is 1.65. The molecule has 14 heteroatoms. The number of rotatable bonds is 15. The zero-order chi connectivity index (χ0) is 25.0. The van der Waals surface area contributed by atoms with Gasteiger partial charge in [0, 0.05) is 6.42 Å². The highest BCUT2D eigenvalue weighted by Gasteiger charge is 2.32. The number of hydrogen-bond acceptors (Lipinski definition) is 8. The summed E-state index contributed by atoms with van der Waals surface area (Å²) in [5, 5.41) is 37.0. The van der Waals surface area contributed by atoms with Crippen molar-refractivity contribution in [1.29, 1.82) is 0 Å². The second kappa shape index (κ2) is 14.3. The van der Waals surface area contributed by atoms with E-state index in [1.54, 1.807) is 6.26 Å². The lowest BCUT2D eigenvalue weighted by Crippen LogP contribution is -2.57. The Bertz CT molecular complexity index is 743. The Morgan fingerprint density at radius 2 is 1.55 bits per heavy atom. The number of nitrogens with one attached hydrogen (secondary N) is 4. The van der Waals surface area contributed by atoms with Gasteiger partial charge in [0.1, 0.15) is 18.1 Å². The molecule has 0 aromatic carbocycles. The third-order valence-electron chi connectivity index (χ3n) is 4.89. The molecule has 0 bridgehead atoms. The Kier molecular flexibility index (Phi) is 12.2. The summed E-state index contributed by atoms with van der Waals surface area (Å²) in [6.45, 7) is 0.674. The number of hydrogen-bond donors (Lipinski definition) is 7. The first-order chi connectivity index (χ1) is 15.5. The normalized spacial score (nSPS) is 17.9. The Labute approximate surface area is 194 Å². The molecule has 4 unspecified atom stereocenters. The summed E-state index contributed by atoms with van der Waals surface area (Å²) >= 11 is 1.43. The number of amides is 3. The molecular weight excluding hydrogens is 460 g/mol. The average molecular weight is 491 g/mol. The standard InChI is InChI=1S/C19H30N4O9S/c1-33-8-6-11(21-16(28)10-3-2-7-20-10)17(29)23-13(9-15(26)27)18(30)22-12(19(31)32)4-5-14(24)25/h10-13,20H,2-9H2,1H3,(H,21,28)(H,22,30)(H,23,29)(H,24,25)(H,26,27)(H,31,32). The van der Waals surface area contributed by atoms with Crippen LogP contribution in [-0.4, -0.2) is 93.7 Å². The van der Waals surface area contributed by atoms with Crippen LogP contribution in [0.1, 0.15) is 38.5 Å². The summed E-state index contributed by atoms with van der Waals surface area (Å²) < 4.78 is 0. The van der Waals surface area contributed by atoms with Crippen molar-refractivity contribution in [3.8, 4) is 0 Å². The quantitative estimate of drug-likeness (QED) is 0.138. The van der Waals surface area contributed by atoms with Gasteiger partial charge < -0.3 is 36.6 Å². The fraction of sp³-hybridized carbons (Fsp3) is 0.684. The smallest absolute Gasteiger partial charge is 0.326 e. The number of carbonyl (C=O) groups is 6. The van der Waals surface area contributed by atoms with Crippen LogP contribution in [0.3, 0.4) is 0 Å². The van der Waals surface area contributed by atoms with Gasteiger partial charge in [0.2, 0.25) is 17.7 Å². The molecule has 1 saturated heterocycles. The molecule has 0 aliphatic carbocycles. The molecule has 7 N–H and O–H groups in total. The number of thioether (sulfide) groups is 1. The topological polar surface area (TPSA) is 211 Å². The molecule has 3 amide bonds. The number of carboxylic acid groups (broad SMARTS) is 3.